The third-order valence-electron chi connectivity index (χ3n) is 4.86. The lowest BCUT2D eigenvalue weighted by molar-refractivity contribution is -0.134. The van der Waals surface area contributed by atoms with Crippen molar-refractivity contribution in [2.45, 2.75) is 44.2 Å². The summed E-state index contributed by atoms with van der Waals surface area (Å²) >= 11 is 6.01. The molecule has 0 N–H and O–H groups in total. The summed E-state index contributed by atoms with van der Waals surface area (Å²) < 4.78 is 13.9. The second-order valence-corrected chi connectivity index (χ2v) is 6.43. The maximum absolute atomic E-state index is 13.9. The van der Waals surface area contributed by atoms with Crippen LogP contribution in [0.2, 0.25) is 5.02 Å². The Morgan fingerprint density at radius 2 is 1.91 bits per heavy atom. The standard InChI is InChI=1S/C16H18ClFN2O2/c1-19-15(22)20(10-11-12(17)6-5-7-13(11)18)14(21)16(19)8-3-2-4-9-16/h5-7H,2-4,8-10H2,1H3. The molecular formula is C16H18ClFN2O2. The van der Waals surface area contributed by atoms with Gasteiger partial charge < -0.3 is 4.90 Å². The van der Waals surface area contributed by atoms with E-state index in [4.69, 9.17) is 11.6 Å². The maximum Gasteiger partial charge on any atom is 0.327 e. The van der Waals surface area contributed by atoms with Crippen LogP contribution in [0, 0.1) is 5.82 Å². The van der Waals surface area contributed by atoms with Crippen LogP contribution in [0.25, 0.3) is 0 Å². The average molecular weight is 325 g/mol. The van der Waals surface area contributed by atoms with Crippen LogP contribution in [0.1, 0.15) is 37.7 Å². The highest BCUT2D eigenvalue weighted by Crippen LogP contribution is 2.40. The Balaban J connectivity index is 1.92. The predicted octanol–water partition coefficient (Wildman–Crippen LogP) is 3.58. The van der Waals surface area contributed by atoms with Crippen molar-refractivity contribution in [2.24, 2.45) is 0 Å². The molecule has 22 heavy (non-hydrogen) atoms. The molecule has 0 unspecified atom stereocenters. The van der Waals surface area contributed by atoms with Gasteiger partial charge in [-0.1, -0.05) is 36.9 Å². The molecule has 6 heteroatoms. The third-order valence-corrected chi connectivity index (χ3v) is 5.22. The predicted molar refractivity (Wildman–Crippen MR) is 80.9 cm³/mol. The molecule has 1 aromatic carbocycles. The van der Waals surface area contributed by atoms with Crippen LogP contribution in [-0.2, 0) is 11.3 Å². The van der Waals surface area contributed by atoms with Crippen molar-refractivity contribution >= 4 is 23.5 Å². The first kappa shape index (κ1) is 15.3. The molecule has 2 aliphatic rings. The SMILES string of the molecule is CN1C(=O)N(Cc2c(F)cccc2Cl)C(=O)C12CCCCC2. The molecule has 1 saturated carbocycles. The van der Waals surface area contributed by atoms with Gasteiger partial charge in [-0.15, -0.1) is 0 Å². The average Bonchev–Trinajstić information content (AvgIpc) is 2.68. The zero-order valence-corrected chi connectivity index (χ0v) is 13.2. The second-order valence-electron chi connectivity index (χ2n) is 6.03. The molecule has 4 nitrogen and oxygen atoms in total. The molecule has 2 fully saturated rings. The van der Waals surface area contributed by atoms with Gasteiger partial charge in [0.25, 0.3) is 5.91 Å². The van der Waals surface area contributed by atoms with Gasteiger partial charge in [0, 0.05) is 17.6 Å². The largest absolute Gasteiger partial charge is 0.327 e. The third kappa shape index (κ3) is 2.19. The molecule has 1 aromatic rings. The van der Waals surface area contributed by atoms with Crippen LogP contribution in [-0.4, -0.2) is 34.3 Å². The van der Waals surface area contributed by atoms with Crippen molar-refractivity contribution in [2.75, 3.05) is 7.05 Å². The number of urea groups is 1. The fourth-order valence-corrected chi connectivity index (χ4v) is 3.74. The molecule has 1 aliphatic carbocycles. The minimum absolute atomic E-state index is 0.116. The summed E-state index contributed by atoms with van der Waals surface area (Å²) in [5.41, 5.74) is -0.556. The van der Waals surface area contributed by atoms with Crippen LogP contribution in [0.3, 0.4) is 0 Å². The quantitative estimate of drug-likeness (QED) is 0.780. The molecule has 1 spiro atoms. The van der Waals surface area contributed by atoms with E-state index < -0.39 is 11.4 Å². The number of halogens is 2. The number of hydrogen-bond donors (Lipinski definition) is 0. The number of nitrogens with zero attached hydrogens (tertiary/aromatic N) is 2. The zero-order valence-electron chi connectivity index (χ0n) is 12.4. The van der Waals surface area contributed by atoms with E-state index in [2.05, 4.69) is 0 Å². The summed E-state index contributed by atoms with van der Waals surface area (Å²) in [6.45, 7) is -0.116. The fourth-order valence-electron chi connectivity index (χ4n) is 3.51. The number of carbonyl (C=O) groups is 2. The Morgan fingerprint density at radius 1 is 1.23 bits per heavy atom. The van der Waals surface area contributed by atoms with E-state index in [9.17, 15) is 14.0 Å². The lowest BCUT2D eigenvalue weighted by atomic mass is 9.80. The Labute approximate surface area is 133 Å². The summed E-state index contributed by atoms with van der Waals surface area (Å²) in [6.07, 6.45) is 4.29. The van der Waals surface area contributed by atoms with E-state index in [1.54, 1.807) is 13.1 Å². The lowest BCUT2D eigenvalue weighted by Crippen LogP contribution is -2.49. The van der Waals surface area contributed by atoms with E-state index >= 15 is 0 Å². The summed E-state index contributed by atoms with van der Waals surface area (Å²) in [5.74, 6) is -0.723. The van der Waals surface area contributed by atoms with Crippen molar-refractivity contribution in [1.82, 2.24) is 9.80 Å². The van der Waals surface area contributed by atoms with Gasteiger partial charge >= 0.3 is 6.03 Å². The highest BCUT2D eigenvalue weighted by molar-refractivity contribution is 6.31. The molecule has 0 bridgehead atoms. The first-order valence-electron chi connectivity index (χ1n) is 7.50. The Hall–Kier alpha value is -1.62. The van der Waals surface area contributed by atoms with Crippen molar-refractivity contribution in [3.05, 3.63) is 34.6 Å². The van der Waals surface area contributed by atoms with Gasteiger partial charge in [-0.2, -0.15) is 0 Å². The smallest absolute Gasteiger partial charge is 0.313 e. The Bertz CT molecular complexity index is 608. The highest BCUT2D eigenvalue weighted by Gasteiger charge is 2.55. The molecule has 0 atom stereocenters. The minimum Gasteiger partial charge on any atom is -0.313 e. The maximum atomic E-state index is 13.9. The van der Waals surface area contributed by atoms with Crippen molar-refractivity contribution < 1.29 is 14.0 Å². The van der Waals surface area contributed by atoms with Gasteiger partial charge in [-0.3, -0.25) is 9.69 Å². The molecule has 1 aliphatic heterocycles. The van der Waals surface area contributed by atoms with E-state index in [1.807, 2.05) is 0 Å². The van der Waals surface area contributed by atoms with E-state index in [-0.39, 0.29) is 29.1 Å². The molecule has 0 radical (unpaired) electrons. The highest BCUT2D eigenvalue weighted by atomic mass is 35.5. The Morgan fingerprint density at radius 3 is 2.55 bits per heavy atom. The number of carbonyl (C=O) groups excluding carboxylic acids is 2. The van der Waals surface area contributed by atoms with Crippen molar-refractivity contribution in [3.8, 4) is 0 Å². The van der Waals surface area contributed by atoms with Crippen LogP contribution in [0.15, 0.2) is 18.2 Å². The molecule has 3 amide bonds. The second kappa shape index (κ2) is 5.54. The van der Waals surface area contributed by atoms with Gasteiger partial charge in [0.15, 0.2) is 0 Å². The number of likely N-dealkylation sites (N-methyl/N-ethyl adjacent to an activating group) is 1. The van der Waals surface area contributed by atoms with Crippen molar-refractivity contribution in [1.29, 1.82) is 0 Å². The van der Waals surface area contributed by atoms with Gasteiger partial charge in [0.2, 0.25) is 0 Å². The number of rotatable bonds is 2. The lowest BCUT2D eigenvalue weighted by Gasteiger charge is -2.35. The topological polar surface area (TPSA) is 40.6 Å². The van der Waals surface area contributed by atoms with Crippen LogP contribution in [0.4, 0.5) is 9.18 Å². The van der Waals surface area contributed by atoms with Crippen LogP contribution in [0.5, 0.6) is 0 Å². The summed E-state index contributed by atoms with van der Waals surface area (Å²) in [5, 5.41) is 0.229. The number of benzene rings is 1. The number of imide groups is 1. The first-order valence-corrected chi connectivity index (χ1v) is 7.88. The summed E-state index contributed by atoms with van der Waals surface area (Å²) in [4.78, 5) is 28.0. The normalized spacial score (nSPS) is 21.0. The molecule has 118 valence electrons. The van der Waals surface area contributed by atoms with E-state index in [1.165, 1.54) is 17.0 Å². The van der Waals surface area contributed by atoms with Crippen LogP contribution >= 0.6 is 11.6 Å². The summed E-state index contributed by atoms with van der Waals surface area (Å²) in [7, 11) is 1.66. The Kier molecular flexibility index (Phi) is 3.85. The monoisotopic (exact) mass is 324 g/mol. The van der Waals surface area contributed by atoms with Gasteiger partial charge in [0.05, 0.1) is 6.54 Å². The van der Waals surface area contributed by atoms with E-state index in [0.29, 0.717) is 12.8 Å². The fraction of sp³-hybridized carbons (Fsp3) is 0.500. The molecule has 0 aromatic heterocycles. The molecule has 3 rings (SSSR count). The van der Waals surface area contributed by atoms with Gasteiger partial charge in [0.1, 0.15) is 11.4 Å². The first-order chi connectivity index (χ1) is 10.5. The molecule has 1 saturated heterocycles. The minimum atomic E-state index is -0.743. The van der Waals surface area contributed by atoms with Crippen molar-refractivity contribution in [3.63, 3.8) is 0 Å². The molecule has 1 heterocycles. The van der Waals surface area contributed by atoms with Gasteiger partial charge in [-0.05, 0) is 25.0 Å². The zero-order chi connectivity index (χ0) is 15.9. The van der Waals surface area contributed by atoms with Crippen LogP contribution < -0.4 is 0 Å². The number of hydrogen-bond acceptors (Lipinski definition) is 2. The number of amides is 3. The summed E-state index contributed by atoms with van der Waals surface area (Å²) in [6, 6.07) is 3.98. The molecular weight excluding hydrogens is 307 g/mol. The van der Waals surface area contributed by atoms with E-state index in [0.717, 1.165) is 24.2 Å². The van der Waals surface area contributed by atoms with Gasteiger partial charge in [-0.25, -0.2) is 9.18 Å².